The molecule has 4 rings (SSSR count). The Morgan fingerprint density at radius 1 is 1.04 bits per heavy atom. The van der Waals surface area contributed by atoms with Gasteiger partial charge in [-0.2, -0.15) is 0 Å². The standard InChI is InChI=1S/C19H22N4O3/c1-13-20-15(19(24)23-7-3-2-4-8-23)12-18(21-13)22-14-5-6-16-17(11-14)26-10-9-25-16/h5-6,11-12H,2-4,7-10H2,1H3,(H,20,21,22). The number of nitrogens with zero attached hydrogens (tertiary/aromatic N) is 3. The molecule has 3 heterocycles. The van der Waals surface area contributed by atoms with E-state index in [2.05, 4.69) is 15.3 Å². The predicted molar refractivity (Wildman–Crippen MR) is 97.2 cm³/mol. The van der Waals surface area contributed by atoms with Crippen LogP contribution in [-0.4, -0.2) is 47.1 Å². The molecule has 7 nitrogen and oxygen atoms in total. The van der Waals surface area contributed by atoms with Gasteiger partial charge in [-0.25, -0.2) is 9.97 Å². The number of piperidine rings is 1. The minimum absolute atomic E-state index is 0.0274. The van der Waals surface area contributed by atoms with Gasteiger partial charge >= 0.3 is 0 Å². The van der Waals surface area contributed by atoms with Crippen LogP contribution < -0.4 is 14.8 Å². The summed E-state index contributed by atoms with van der Waals surface area (Å²) in [6.45, 7) is 4.49. The monoisotopic (exact) mass is 354 g/mol. The molecule has 0 unspecified atom stereocenters. The maximum Gasteiger partial charge on any atom is 0.272 e. The Balaban J connectivity index is 1.55. The number of amides is 1. The minimum atomic E-state index is -0.0274. The number of carbonyl (C=O) groups is 1. The number of aromatic nitrogens is 2. The highest BCUT2D eigenvalue weighted by Gasteiger charge is 2.20. The molecule has 1 N–H and O–H groups in total. The first-order valence-electron chi connectivity index (χ1n) is 9.01. The number of hydrogen-bond acceptors (Lipinski definition) is 6. The normalized spacial score (nSPS) is 16.3. The van der Waals surface area contributed by atoms with Crippen molar-refractivity contribution in [3.05, 3.63) is 35.8 Å². The molecule has 1 saturated heterocycles. The maximum absolute atomic E-state index is 12.7. The van der Waals surface area contributed by atoms with E-state index in [0.29, 0.717) is 36.3 Å². The third kappa shape index (κ3) is 3.56. The summed E-state index contributed by atoms with van der Waals surface area (Å²) in [5.74, 6) is 2.57. The van der Waals surface area contributed by atoms with Crippen molar-refractivity contribution in [2.45, 2.75) is 26.2 Å². The van der Waals surface area contributed by atoms with Crippen molar-refractivity contribution in [2.75, 3.05) is 31.6 Å². The number of nitrogens with one attached hydrogen (secondary N) is 1. The van der Waals surface area contributed by atoms with Crippen LogP contribution in [0.5, 0.6) is 11.5 Å². The lowest BCUT2D eigenvalue weighted by atomic mass is 10.1. The molecule has 136 valence electrons. The van der Waals surface area contributed by atoms with Crippen LogP contribution in [0.15, 0.2) is 24.3 Å². The Labute approximate surface area is 152 Å². The lowest BCUT2D eigenvalue weighted by Gasteiger charge is -2.26. The summed E-state index contributed by atoms with van der Waals surface area (Å²) < 4.78 is 11.1. The molecule has 26 heavy (non-hydrogen) atoms. The fourth-order valence-electron chi connectivity index (χ4n) is 3.27. The smallest absolute Gasteiger partial charge is 0.272 e. The van der Waals surface area contributed by atoms with Gasteiger partial charge in [0.1, 0.15) is 30.5 Å². The van der Waals surface area contributed by atoms with E-state index in [1.54, 1.807) is 13.0 Å². The van der Waals surface area contributed by atoms with Crippen LogP contribution in [0.2, 0.25) is 0 Å². The Morgan fingerprint density at radius 3 is 2.62 bits per heavy atom. The number of carbonyl (C=O) groups excluding carboxylic acids is 1. The second-order valence-corrected chi connectivity index (χ2v) is 6.52. The molecule has 2 aliphatic heterocycles. The van der Waals surface area contributed by atoms with Gasteiger partial charge in [-0.05, 0) is 38.3 Å². The highest BCUT2D eigenvalue weighted by atomic mass is 16.6. The number of hydrogen-bond donors (Lipinski definition) is 1. The Morgan fingerprint density at radius 2 is 1.81 bits per heavy atom. The summed E-state index contributed by atoms with van der Waals surface area (Å²) in [6, 6.07) is 7.35. The summed E-state index contributed by atoms with van der Waals surface area (Å²) in [7, 11) is 0. The molecule has 2 aromatic rings. The van der Waals surface area contributed by atoms with Crippen LogP contribution in [-0.2, 0) is 0 Å². The summed E-state index contributed by atoms with van der Waals surface area (Å²) in [6.07, 6.45) is 3.29. The zero-order chi connectivity index (χ0) is 17.9. The Bertz CT molecular complexity index is 818. The van der Waals surface area contributed by atoms with Gasteiger partial charge in [0.2, 0.25) is 0 Å². The van der Waals surface area contributed by atoms with Gasteiger partial charge in [-0.3, -0.25) is 4.79 Å². The maximum atomic E-state index is 12.7. The summed E-state index contributed by atoms with van der Waals surface area (Å²) >= 11 is 0. The summed E-state index contributed by atoms with van der Waals surface area (Å²) in [5, 5.41) is 3.24. The number of fused-ring (bicyclic) bond motifs is 1. The highest BCUT2D eigenvalue weighted by Crippen LogP contribution is 2.33. The van der Waals surface area contributed by atoms with Crippen molar-refractivity contribution >= 4 is 17.4 Å². The summed E-state index contributed by atoms with van der Waals surface area (Å²) in [5.41, 5.74) is 1.25. The van der Waals surface area contributed by atoms with Crippen molar-refractivity contribution in [1.82, 2.24) is 14.9 Å². The number of likely N-dealkylation sites (tertiary alicyclic amines) is 1. The molecule has 0 aliphatic carbocycles. The average molecular weight is 354 g/mol. The van der Waals surface area contributed by atoms with Crippen LogP contribution in [0, 0.1) is 6.92 Å². The largest absolute Gasteiger partial charge is 0.486 e. The van der Waals surface area contributed by atoms with Gasteiger partial charge in [-0.1, -0.05) is 0 Å². The SMILES string of the molecule is Cc1nc(Nc2ccc3c(c2)OCCO3)cc(C(=O)N2CCCCC2)n1. The van der Waals surface area contributed by atoms with Gasteiger partial charge in [0.25, 0.3) is 5.91 Å². The van der Waals surface area contributed by atoms with E-state index in [0.717, 1.165) is 37.4 Å². The van der Waals surface area contributed by atoms with Crippen molar-refractivity contribution in [1.29, 1.82) is 0 Å². The molecular weight excluding hydrogens is 332 g/mol. The fraction of sp³-hybridized carbons (Fsp3) is 0.421. The molecule has 0 spiro atoms. The van der Waals surface area contributed by atoms with Crippen LogP contribution in [0.3, 0.4) is 0 Å². The van der Waals surface area contributed by atoms with E-state index in [-0.39, 0.29) is 5.91 Å². The summed E-state index contributed by atoms with van der Waals surface area (Å²) in [4.78, 5) is 23.3. The third-order valence-corrected chi connectivity index (χ3v) is 4.51. The van der Waals surface area contributed by atoms with Gasteiger partial charge in [0.15, 0.2) is 11.5 Å². The van der Waals surface area contributed by atoms with E-state index in [9.17, 15) is 4.79 Å². The van der Waals surface area contributed by atoms with E-state index in [1.165, 1.54) is 6.42 Å². The quantitative estimate of drug-likeness (QED) is 0.913. The van der Waals surface area contributed by atoms with Gasteiger partial charge in [0, 0.05) is 30.9 Å². The van der Waals surface area contributed by atoms with Gasteiger partial charge in [0.05, 0.1) is 0 Å². The Hall–Kier alpha value is -2.83. The lowest BCUT2D eigenvalue weighted by Crippen LogP contribution is -2.36. The van der Waals surface area contributed by atoms with Crippen molar-refractivity contribution in [3.63, 3.8) is 0 Å². The second kappa shape index (κ2) is 7.19. The minimum Gasteiger partial charge on any atom is -0.486 e. The first kappa shape index (κ1) is 16.6. The molecule has 1 aromatic heterocycles. The van der Waals surface area contributed by atoms with Crippen LogP contribution >= 0.6 is 0 Å². The number of benzene rings is 1. The van der Waals surface area contributed by atoms with Crippen LogP contribution in [0.4, 0.5) is 11.5 Å². The third-order valence-electron chi connectivity index (χ3n) is 4.51. The van der Waals surface area contributed by atoms with Crippen molar-refractivity contribution in [3.8, 4) is 11.5 Å². The number of aryl methyl sites for hydroxylation is 1. The van der Waals surface area contributed by atoms with E-state index in [4.69, 9.17) is 9.47 Å². The van der Waals surface area contributed by atoms with E-state index in [1.807, 2.05) is 23.1 Å². The van der Waals surface area contributed by atoms with E-state index >= 15 is 0 Å². The molecule has 2 aliphatic rings. The van der Waals surface area contributed by atoms with Gasteiger partial charge < -0.3 is 19.7 Å². The zero-order valence-electron chi connectivity index (χ0n) is 14.8. The number of anilines is 2. The van der Waals surface area contributed by atoms with Crippen LogP contribution in [0.25, 0.3) is 0 Å². The molecule has 0 atom stereocenters. The van der Waals surface area contributed by atoms with Crippen LogP contribution in [0.1, 0.15) is 35.6 Å². The number of rotatable bonds is 3. The predicted octanol–water partition coefficient (Wildman–Crippen LogP) is 2.93. The van der Waals surface area contributed by atoms with Crippen molar-refractivity contribution < 1.29 is 14.3 Å². The fourth-order valence-corrected chi connectivity index (χ4v) is 3.27. The molecule has 0 saturated carbocycles. The van der Waals surface area contributed by atoms with Crippen molar-refractivity contribution in [2.24, 2.45) is 0 Å². The first-order valence-corrected chi connectivity index (χ1v) is 9.01. The molecule has 1 amide bonds. The number of ether oxygens (including phenoxy) is 2. The molecule has 7 heteroatoms. The Kier molecular flexibility index (Phi) is 4.60. The highest BCUT2D eigenvalue weighted by molar-refractivity contribution is 5.93. The van der Waals surface area contributed by atoms with Gasteiger partial charge in [-0.15, -0.1) is 0 Å². The molecular formula is C19H22N4O3. The molecule has 0 radical (unpaired) electrons. The van der Waals surface area contributed by atoms with E-state index < -0.39 is 0 Å². The second-order valence-electron chi connectivity index (χ2n) is 6.52. The first-order chi connectivity index (χ1) is 12.7. The average Bonchev–Trinajstić information content (AvgIpc) is 2.67. The molecule has 1 aromatic carbocycles. The molecule has 0 bridgehead atoms. The lowest BCUT2D eigenvalue weighted by molar-refractivity contribution is 0.0718. The molecule has 1 fully saturated rings. The topological polar surface area (TPSA) is 76.6 Å². The zero-order valence-corrected chi connectivity index (χ0v) is 14.8.